The Kier molecular flexibility index (Phi) is 5.19. The lowest BCUT2D eigenvalue weighted by atomic mass is 10.1. The van der Waals surface area contributed by atoms with E-state index in [1.807, 2.05) is 24.3 Å². The Balaban J connectivity index is 2.22. The maximum atomic E-state index is 10.9. The largest absolute Gasteiger partial charge is 0.497 e. The summed E-state index contributed by atoms with van der Waals surface area (Å²) in [4.78, 5) is 10.6. The molecular weight excluding hydrogens is 284 g/mol. The number of rotatable bonds is 7. The van der Waals surface area contributed by atoms with E-state index in [4.69, 9.17) is 9.47 Å². The zero-order valence-electron chi connectivity index (χ0n) is 12.5. The summed E-state index contributed by atoms with van der Waals surface area (Å²) in [7, 11) is 3.16. The third-order valence-electron chi connectivity index (χ3n) is 3.26. The lowest BCUT2D eigenvalue weighted by molar-refractivity contribution is -0.482. The minimum atomic E-state index is -0.446. The molecule has 0 radical (unpaired) electrons. The van der Waals surface area contributed by atoms with Gasteiger partial charge in [0.05, 0.1) is 14.2 Å². The second kappa shape index (κ2) is 7.31. The standard InChI is InChI=1S/C16H18N2O4/c1-21-14-8-6-13(7-9-14)17-16(11-18(19)20)12-4-3-5-15(10-12)22-2/h3-10,16-17H,11H2,1-2H3/t16-/m0/s1. The van der Waals surface area contributed by atoms with Crippen molar-refractivity contribution >= 4 is 5.69 Å². The molecule has 6 heteroatoms. The first-order valence-electron chi connectivity index (χ1n) is 6.78. The second-order valence-corrected chi connectivity index (χ2v) is 4.72. The third-order valence-corrected chi connectivity index (χ3v) is 3.26. The Morgan fingerprint density at radius 2 is 1.77 bits per heavy atom. The molecule has 2 aromatic carbocycles. The van der Waals surface area contributed by atoms with Crippen LogP contribution in [0.1, 0.15) is 11.6 Å². The van der Waals surface area contributed by atoms with E-state index in [1.54, 1.807) is 38.5 Å². The maximum Gasteiger partial charge on any atom is 0.227 e. The summed E-state index contributed by atoms with van der Waals surface area (Å²) in [6.45, 7) is -0.223. The van der Waals surface area contributed by atoms with Crippen LogP contribution in [-0.2, 0) is 0 Å². The highest BCUT2D eigenvalue weighted by atomic mass is 16.6. The van der Waals surface area contributed by atoms with Crippen LogP contribution in [0.15, 0.2) is 48.5 Å². The predicted molar refractivity (Wildman–Crippen MR) is 84.2 cm³/mol. The van der Waals surface area contributed by atoms with Crippen molar-refractivity contribution in [3.05, 3.63) is 64.2 Å². The summed E-state index contributed by atoms with van der Waals surface area (Å²) < 4.78 is 10.3. The number of nitrogens with zero attached hydrogens (tertiary/aromatic N) is 1. The van der Waals surface area contributed by atoms with Crippen LogP contribution in [0.25, 0.3) is 0 Å². The highest BCUT2D eigenvalue weighted by Gasteiger charge is 2.18. The SMILES string of the molecule is COc1ccc(N[C@@H](C[N+](=O)[O-])c2cccc(OC)c2)cc1. The van der Waals surface area contributed by atoms with Crippen molar-refractivity contribution in [2.24, 2.45) is 0 Å². The van der Waals surface area contributed by atoms with Gasteiger partial charge in [-0.1, -0.05) is 12.1 Å². The molecule has 0 spiro atoms. The van der Waals surface area contributed by atoms with E-state index in [-0.39, 0.29) is 11.5 Å². The number of nitrogens with one attached hydrogen (secondary N) is 1. The lowest BCUT2D eigenvalue weighted by Gasteiger charge is -2.17. The summed E-state index contributed by atoms with van der Waals surface area (Å²) in [5, 5.41) is 14.1. The number of hydrogen-bond acceptors (Lipinski definition) is 5. The third kappa shape index (κ3) is 4.12. The van der Waals surface area contributed by atoms with Gasteiger partial charge in [0.15, 0.2) is 0 Å². The van der Waals surface area contributed by atoms with Gasteiger partial charge in [-0.2, -0.15) is 0 Å². The predicted octanol–water partition coefficient (Wildman–Crippen LogP) is 3.13. The van der Waals surface area contributed by atoms with E-state index in [1.165, 1.54) is 0 Å². The molecule has 0 heterocycles. The van der Waals surface area contributed by atoms with Crippen LogP contribution >= 0.6 is 0 Å². The number of anilines is 1. The molecule has 0 amide bonds. The zero-order valence-corrected chi connectivity index (χ0v) is 12.5. The van der Waals surface area contributed by atoms with E-state index in [0.29, 0.717) is 5.75 Å². The Labute approximate surface area is 128 Å². The fourth-order valence-electron chi connectivity index (χ4n) is 2.13. The molecule has 0 aromatic heterocycles. The highest BCUT2D eigenvalue weighted by molar-refractivity contribution is 5.48. The molecule has 0 saturated carbocycles. The van der Waals surface area contributed by atoms with Crippen molar-refractivity contribution in [2.45, 2.75) is 6.04 Å². The van der Waals surface area contributed by atoms with Gasteiger partial charge in [0.25, 0.3) is 0 Å². The zero-order chi connectivity index (χ0) is 15.9. The quantitative estimate of drug-likeness (QED) is 0.628. The van der Waals surface area contributed by atoms with Gasteiger partial charge in [0.2, 0.25) is 6.54 Å². The molecule has 116 valence electrons. The van der Waals surface area contributed by atoms with Crippen LogP contribution in [0.4, 0.5) is 5.69 Å². The van der Waals surface area contributed by atoms with Crippen LogP contribution in [0.5, 0.6) is 11.5 Å². The maximum absolute atomic E-state index is 10.9. The summed E-state index contributed by atoms with van der Waals surface area (Å²) in [5.74, 6) is 1.40. The molecule has 0 aliphatic heterocycles. The Morgan fingerprint density at radius 3 is 2.36 bits per heavy atom. The molecule has 2 rings (SSSR count). The summed E-state index contributed by atoms with van der Waals surface area (Å²) >= 11 is 0. The van der Waals surface area contributed by atoms with E-state index in [9.17, 15) is 10.1 Å². The fourth-order valence-corrected chi connectivity index (χ4v) is 2.13. The molecule has 0 bridgehead atoms. The molecule has 1 atom stereocenters. The lowest BCUT2D eigenvalue weighted by Crippen LogP contribution is -2.20. The molecule has 0 saturated heterocycles. The molecule has 0 aliphatic rings. The van der Waals surface area contributed by atoms with E-state index in [2.05, 4.69) is 5.32 Å². The van der Waals surface area contributed by atoms with Gasteiger partial charge >= 0.3 is 0 Å². The first kappa shape index (κ1) is 15.6. The number of methoxy groups -OCH3 is 2. The minimum Gasteiger partial charge on any atom is -0.497 e. The number of benzene rings is 2. The average molecular weight is 302 g/mol. The summed E-state index contributed by atoms with van der Waals surface area (Å²) in [5.41, 5.74) is 1.59. The molecule has 0 unspecified atom stereocenters. The van der Waals surface area contributed by atoms with Crippen LogP contribution in [0, 0.1) is 10.1 Å². The molecule has 2 aromatic rings. The molecular formula is C16H18N2O4. The van der Waals surface area contributed by atoms with Gasteiger partial charge in [0, 0.05) is 10.6 Å². The van der Waals surface area contributed by atoms with Crippen molar-refractivity contribution in [1.82, 2.24) is 0 Å². The molecule has 22 heavy (non-hydrogen) atoms. The van der Waals surface area contributed by atoms with Crippen LogP contribution in [0.2, 0.25) is 0 Å². The van der Waals surface area contributed by atoms with Crippen molar-refractivity contribution in [2.75, 3.05) is 26.1 Å². The van der Waals surface area contributed by atoms with Crippen molar-refractivity contribution < 1.29 is 14.4 Å². The van der Waals surface area contributed by atoms with E-state index in [0.717, 1.165) is 17.0 Å². The topological polar surface area (TPSA) is 73.6 Å². The van der Waals surface area contributed by atoms with Crippen LogP contribution < -0.4 is 14.8 Å². The number of hydrogen-bond donors (Lipinski definition) is 1. The normalized spacial score (nSPS) is 11.5. The average Bonchev–Trinajstić information content (AvgIpc) is 2.54. The first-order chi connectivity index (χ1) is 10.6. The van der Waals surface area contributed by atoms with Gasteiger partial charge in [0.1, 0.15) is 17.5 Å². The van der Waals surface area contributed by atoms with E-state index < -0.39 is 6.04 Å². The molecule has 6 nitrogen and oxygen atoms in total. The van der Waals surface area contributed by atoms with Crippen molar-refractivity contribution in [3.8, 4) is 11.5 Å². The monoisotopic (exact) mass is 302 g/mol. The summed E-state index contributed by atoms with van der Waals surface area (Å²) in [6.07, 6.45) is 0. The molecule has 1 N–H and O–H groups in total. The van der Waals surface area contributed by atoms with Gasteiger partial charge in [-0.3, -0.25) is 10.1 Å². The van der Waals surface area contributed by atoms with Crippen molar-refractivity contribution in [3.63, 3.8) is 0 Å². The minimum absolute atomic E-state index is 0.223. The van der Waals surface area contributed by atoms with Crippen LogP contribution in [0.3, 0.4) is 0 Å². The highest BCUT2D eigenvalue weighted by Crippen LogP contribution is 2.24. The Morgan fingerprint density at radius 1 is 1.09 bits per heavy atom. The molecule has 0 aliphatic carbocycles. The smallest absolute Gasteiger partial charge is 0.227 e. The van der Waals surface area contributed by atoms with Gasteiger partial charge < -0.3 is 14.8 Å². The van der Waals surface area contributed by atoms with Crippen molar-refractivity contribution in [1.29, 1.82) is 0 Å². The van der Waals surface area contributed by atoms with Gasteiger partial charge in [-0.15, -0.1) is 0 Å². The number of ether oxygens (including phenoxy) is 2. The van der Waals surface area contributed by atoms with Gasteiger partial charge in [-0.25, -0.2) is 0 Å². The second-order valence-electron chi connectivity index (χ2n) is 4.72. The Hall–Kier alpha value is -2.76. The van der Waals surface area contributed by atoms with Crippen LogP contribution in [-0.4, -0.2) is 25.7 Å². The number of nitro groups is 1. The summed E-state index contributed by atoms with van der Waals surface area (Å²) in [6, 6.07) is 14.1. The Bertz CT molecular complexity index is 628. The van der Waals surface area contributed by atoms with Gasteiger partial charge in [-0.05, 0) is 42.0 Å². The fraction of sp³-hybridized carbons (Fsp3) is 0.250. The molecule has 0 fully saturated rings. The first-order valence-corrected chi connectivity index (χ1v) is 6.78. The van der Waals surface area contributed by atoms with E-state index >= 15 is 0 Å².